The van der Waals surface area contributed by atoms with E-state index in [-0.39, 0.29) is 12.4 Å². The minimum Gasteiger partial charge on any atom is -0.493 e. The summed E-state index contributed by atoms with van der Waals surface area (Å²) < 4.78 is 31.0. The predicted octanol–water partition coefficient (Wildman–Crippen LogP) is 5.39. The lowest BCUT2D eigenvalue weighted by molar-refractivity contribution is 0.284. The molecule has 0 atom stereocenters. The Kier molecular flexibility index (Phi) is 8.30. The maximum absolute atomic E-state index is 13.2. The van der Waals surface area contributed by atoms with Gasteiger partial charge >= 0.3 is 0 Å². The zero-order valence-electron chi connectivity index (χ0n) is 16.3. The molecular formula is C22H21BrClFN2O3. The summed E-state index contributed by atoms with van der Waals surface area (Å²) in [5, 5.41) is 3.64. The Bertz CT molecular complexity index is 976. The second-order valence-electron chi connectivity index (χ2n) is 6.31. The van der Waals surface area contributed by atoms with Crippen LogP contribution in [0.15, 0.2) is 59.2 Å². The number of pyridine rings is 1. The molecule has 0 saturated carbocycles. The molecule has 1 N–H and O–H groups in total. The van der Waals surface area contributed by atoms with Crippen molar-refractivity contribution in [2.75, 3.05) is 20.3 Å². The van der Waals surface area contributed by atoms with Crippen LogP contribution in [0.4, 0.5) is 4.39 Å². The van der Waals surface area contributed by atoms with Crippen LogP contribution in [0.5, 0.6) is 17.4 Å². The third kappa shape index (κ3) is 6.32. The molecule has 1 heterocycles. The molecule has 1 aromatic heterocycles. The van der Waals surface area contributed by atoms with Gasteiger partial charge in [0.25, 0.3) is 0 Å². The van der Waals surface area contributed by atoms with Crippen LogP contribution in [0.3, 0.4) is 0 Å². The average molecular weight is 496 g/mol. The molecule has 30 heavy (non-hydrogen) atoms. The van der Waals surface area contributed by atoms with E-state index < -0.39 is 0 Å². The SMILES string of the molecule is COc1cc(CNCCOc2ccccn2)c(Br)cc1OCc1ccc(F)cc1Cl. The Labute approximate surface area is 188 Å². The largest absolute Gasteiger partial charge is 0.493 e. The quantitative estimate of drug-likeness (QED) is 0.382. The van der Waals surface area contributed by atoms with Crippen LogP contribution < -0.4 is 19.5 Å². The lowest BCUT2D eigenvalue weighted by atomic mass is 10.2. The molecule has 0 fully saturated rings. The van der Waals surface area contributed by atoms with Crippen molar-refractivity contribution in [1.82, 2.24) is 10.3 Å². The fraction of sp³-hybridized carbons (Fsp3) is 0.227. The second-order valence-corrected chi connectivity index (χ2v) is 7.57. The van der Waals surface area contributed by atoms with Crippen LogP contribution in [-0.4, -0.2) is 25.2 Å². The van der Waals surface area contributed by atoms with E-state index in [1.165, 1.54) is 12.1 Å². The van der Waals surface area contributed by atoms with Crippen molar-refractivity contribution < 1.29 is 18.6 Å². The van der Waals surface area contributed by atoms with Crippen LogP contribution in [-0.2, 0) is 13.2 Å². The molecule has 8 heteroatoms. The Morgan fingerprint density at radius 2 is 1.93 bits per heavy atom. The Balaban J connectivity index is 1.55. The number of aromatic nitrogens is 1. The van der Waals surface area contributed by atoms with E-state index in [1.54, 1.807) is 19.4 Å². The Morgan fingerprint density at radius 1 is 1.07 bits per heavy atom. The Morgan fingerprint density at radius 3 is 2.67 bits per heavy atom. The molecule has 2 aromatic carbocycles. The number of rotatable bonds is 10. The third-order valence-corrected chi connectivity index (χ3v) is 5.30. The van der Waals surface area contributed by atoms with Crippen molar-refractivity contribution >= 4 is 27.5 Å². The molecule has 0 saturated heterocycles. The van der Waals surface area contributed by atoms with Gasteiger partial charge in [-0.05, 0) is 35.9 Å². The van der Waals surface area contributed by atoms with E-state index in [2.05, 4.69) is 26.2 Å². The summed E-state index contributed by atoms with van der Waals surface area (Å²) in [5.74, 6) is 1.38. The van der Waals surface area contributed by atoms with E-state index in [0.29, 0.717) is 47.7 Å². The monoisotopic (exact) mass is 494 g/mol. The summed E-state index contributed by atoms with van der Waals surface area (Å²) in [4.78, 5) is 4.12. The van der Waals surface area contributed by atoms with Crippen LogP contribution in [0.1, 0.15) is 11.1 Å². The minimum absolute atomic E-state index is 0.199. The number of nitrogens with one attached hydrogen (secondary N) is 1. The first-order valence-corrected chi connectivity index (χ1v) is 10.4. The van der Waals surface area contributed by atoms with Gasteiger partial charge in [0.15, 0.2) is 11.5 Å². The van der Waals surface area contributed by atoms with Gasteiger partial charge < -0.3 is 19.5 Å². The molecule has 3 rings (SSSR count). The first-order chi connectivity index (χ1) is 14.6. The number of halogens is 3. The van der Waals surface area contributed by atoms with Gasteiger partial charge in [-0.1, -0.05) is 39.7 Å². The van der Waals surface area contributed by atoms with E-state index in [4.69, 9.17) is 25.8 Å². The average Bonchev–Trinajstić information content (AvgIpc) is 2.74. The van der Waals surface area contributed by atoms with Crippen LogP contribution in [0.25, 0.3) is 0 Å². The molecule has 0 aliphatic rings. The number of nitrogens with zero attached hydrogens (tertiary/aromatic N) is 1. The number of ether oxygens (including phenoxy) is 3. The summed E-state index contributed by atoms with van der Waals surface area (Å²) in [6, 6.07) is 13.5. The van der Waals surface area contributed by atoms with Crippen molar-refractivity contribution in [2.45, 2.75) is 13.2 Å². The first kappa shape index (κ1) is 22.3. The zero-order valence-corrected chi connectivity index (χ0v) is 18.7. The predicted molar refractivity (Wildman–Crippen MR) is 118 cm³/mol. The van der Waals surface area contributed by atoms with Crippen molar-refractivity contribution in [3.05, 3.63) is 81.2 Å². The van der Waals surface area contributed by atoms with Gasteiger partial charge in [0.2, 0.25) is 5.88 Å². The molecule has 0 amide bonds. The summed E-state index contributed by atoms with van der Waals surface area (Å²) in [6.45, 7) is 1.98. The summed E-state index contributed by atoms with van der Waals surface area (Å²) in [6.07, 6.45) is 1.69. The summed E-state index contributed by atoms with van der Waals surface area (Å²) in [7, 11) is 1.58. The first-order valence-electron chi connectivity index (χ1n) is 9.24. The molecule has 5 nitrogen and oxygen atoms in total. The van der Waals surface area contributed by atoms with Crippen molar-refractivity contribution in [3.63, 3.8) is 0 Å². The maximum Gasteiger partial charge on any atom is 0.213 e. The van der Waals surface area contributed by atoms with Gasteiger partial charge in [-0.3, -0.25) is 0 Å². The molecule has 0 aliphatic heterocycles. The smallest absolute Gasteiger partial charge is 0.213 e. The van der Waals surface area contributed by atoms with Gasteiger partial charge in [0.1, 0.15) is 19.0 Å². The molecule has 0 spiro atoms. The lowest BCUT2D eigenvalue weighted by Crippen LogP contribution is -2.21. The number of methoxy groups -OCH3 is 1. The minimum atomic E-state index is -0.383. The molecular weight excluding hydrogens is 475 g/mol. The van der Waals surface area contributed by atoms with Gasteiger partial charge in [-0.15, -0.1) is 0 Å². The highest BCUT2D eigenvalue weighted by Gasteiger charge is 2.12. The van der Waals surface area contributed by atoms with E-state index in [1.807, 2.05) is 30.3 Å². The molecule has 0 aliphatic carbocycles. The summed E-state index contributed by atoms with van der Waals surface area (Å²) in [5.41, 5.74) is 1.70. The van der Waals surface area contributed by atoms with Gasteiger partial charge in [0.05, 0.1) is 12.1 Å². The third-order valence-electron chi connectivity index (χ3n) is 4.21. The van der Waals surface area contributed by atoms with Gasteiger partial charge in [0, 0.05) is 35.4 Å². The topological polar surface area (TPSA) is 52.6 Å². The van der Waals surface area contributed by atoms with Crippen molar-refractivity contribution in [3.8, 4) is 17.4 Å². The Hall–Kier alpha value is -2.35. The zero-order chi connectivity index (χ0) is 21.3. The van der Waals surface area contributed by atoms with E-state index in [0.717, 1.165) is 10.0 Å². The second kappa shape index (κ2) is 11.2. The fourth-order valence-electron chi connectivity index (χ4n) is 2.66. The highest BCUT2D eigenvalue weighted by molar-refractivity contribution is 9.10. The molecule has 0 radical (unpaired) electrons. The van der Waals surface area contributed by atoms with Crippen LogP contribution >= 0.6 is 27.5 Å². The number of benzene rings is 2. The normalized spacial score (nSPS) is 10.7. The van der Waals surface area contributed by atoms with Crippen LogP contribution in [0.2, 0.25) is 5.02 Å². The lowest BCUT2D eigenvalue weighted by Gasteiger charge is -2.15. The van der Waals surface area contributed by atoms with E-state index in [9.17, 15) is 4.39 Å². The van der Waals surface area contributed by atoms with Crippen LogP contribution in [0, 0.1) is 5.82 Å². The van der Waals surface area contributed by atoms with Gasteiger partial charge in [-0.25, -0.2) is 9.37 Å². The molecule has 0 bridgehead atoms. The van der Waals surface area contributed by atoms with Gasteiger partial charge in [-0.2, -0.15) is 0 Å². The summed E-state index contributed by atoms with van der Waals surface area (Å²) >= 11 is 9.64. The highest BCUT2D eigenvalue weighted by Crippen LogP contribution is 2.34. The maximum atomic E-state index is 13.2. The standard InChI is InChI=1S/C22H21BrClFN2O3/c1-28-20-10-16(13-26-8-9-29-22-4-2-3-7-27-22)18(23)12-21(20)30-14-15-5-6-17(25)11-19(15)24/h2-7,10-12,26H,8-9,13-14H2,1H3. The van der Waals surface area contributed by atoms with Crippen molar-refractivity contribution in [2.24, 2.45) is 0 Å². The highest BCUT2D eigenvalue weighted by atomic mass is 79.9. The number of hydrogen-bond acceptors (Lipinski definition) is 5. The fourth-order valence-corrected chi connectivity index (χ4v) is 3.35. The number of hydrogen-bond donors (Lipinski definition) is 1. The van der Waals surface area contributed by atoms with E-state index >= 15 is 0 Å². The molecule has 0 unspecified atom stereocenters. The molecule has 158 valence electrons. The molecule has 3 aromatic rings. The van der Waals surface area contributed by atoms with Crippen molar-refractivity contribution in [1.29, 1.82) is 0 Å².